The standard InChI is InChI=1S/C14H16N2O2/c1-14(2,3)12(17)9-16-13(18)11-6-4-5-10(7-11)8-15/h4-7H,9H2,1-3H3,(H,16,18). The van der Waals surface area contributed by atoms with Crippen LogP contribution in [0.3, 0.4) is 0 Å². The van der Waals surface area contributed by atoms with Crippen LogP contribution in [0.1, 0.15) is 36.7 Å². The lowest BCUT2D eigenvalue weighted by Gasteiger charge is -2.16. The van der Waals surface area contributed by atoms with Crippen molar-refractivity contribution >= 4 is 11.7 Å². The number of hydrogen-bond donors (Lipinski definition) is 1. The molecule has 1 N–H and O–H groups in total. The third-order valence-corrected chi connectivity index (χ3v) is 2.50. The molecular formula is C14H16N2O2. The summed E-state index contributed by atoms with van der Waals surface area (Å²) >= 11 is 0. The monoisotopic (exact) mass is 244 g/mol. The molecule has 1 aromatic carbocycles. The Bertz CT molecular complexity index is 507. The van der Waals surface area contributed by atoms with Crippen LogP contribution in [0.4, 0.5) is 0 Å². The lowest BCUT2D eigenvalue weighted by Crippen LogP contribution is -2.35. The van der Waals surface area contributed by atoms with Gasteiger partial charge in [-0.3, -0.25) is 9.59 Å². The molecule has 0 aliphatic rings. The third-order valence-electron chi connectivity index (χ3n) is 2.50. The molecule has 1 aromatic rings. The highest BCUT2D eigenvalue weighted by Gasteiger charge is 2.21. The topological polar surface area (TPSA) is 70.0 Å². The zero-order valence-electron chi connectivity index (χ0n) is 10.8. The molecule has 4 heteroatoms. The Balaban J connectivity index is 2.67. The van der Waals surface area contributed by atoms with E-state index in [1.165, 1.54) is 6.07 Å². The molecule has 18 heavy (non-hydrogen) atoms. The van der Waals surface area contributed by atoms with Crippen LogP contribution in [0.15, 0.2) is 24.3 Å². The van der Waals surface area contributed by atoms with Gasteiger partial charge in [-0.25, -0.2) is 0 Å². The molecule has 1 rings (SSSR count). The van der Waals surface area contributed by atoms with Crippen molar-refractivity contribution in [1.82, 2.24) is 5.32 Å². The van der Waals surface area contributed by atoms with Crippen molar-refractivity contribution in [2.24, 2.45) is 5.41 Å². The Morgan fingerprint density at radius 1 is 1.33 bits per heavy atom. The van der Waals surface area contributed by atoms with Gasteiger partial charge in [-0.2, -0.15) is 5.26 Å². The van der Waals surface area contributed by atoms with Gasteiger partial charge in [0.15, 0.2) is 5.78 Å². The van der Waals surface area contributed by atoms with E-state index in [0.717, 1.165) is 0 Å². The first-order chi connectivity index (χ1) is 8.34. The lowest BCUT2D eigenvalue weighted by molar-refractivity contribution is -0.125. The summed E-state index contributed by atoms with van der Waals surface area (Å²) in [5.74, 6) is -0.378. The number of benzene rings is 1. The van der Waals surface area contributed by atoms with E-state index in [2.05, 4.69) is 5.32 Å². The fourth-order valence-electron chi connectivity index (χ4n) is 1.26. The van der Waals surface area contributed by atoms with Gasteiger partial charge in [0.05, 0.1) is 18.2 Å². The van der Waals surface area contributed by atoms with E-state index in [1.807, 2.05) is 6.07 Å². The Morgan fingerprint density at radius 3 is 2.56 bits per heavy atom. The minimum absolute atomic E-state index is 0.000878. The van der Waals surface area contributed by atoms with Crippen LogP contribution < -0.4 is 5.32 Å². The molecule has 0 bridgehead atoms. The second-order valence-electron chi connectivity index (χ2n) is 5.05. The maximum Gasteiger partial charge on any atom is 0.251 e. The fourth-order valence-corrected chi connectivity index (χ4v) is 1.26. The Labute approximate surface area is 107 Å². The van der Waals surface area contributed by atoms with E-state index >= 15 is 0 Å². The molecule has 0 aliphatic heterocycles. The highest BCUT2D eigenvalue weighted by molar-refractivity contribution is 5.97. The van der Waals surface area contributed by atoms with E-state index in [-0.39, 0.29) is 18.2 Å². The smallest absolute Gasteiger partial charge is 0.251 e. The molecule has 1 amide bonds. The summed E-state index contributed by atoms with van der Waals surface area (Å²) in [6.45, 7) is 5.41. The molecule has 0 fully saturated rings. The van der Waals surface area contributed by atoms with Crippen molar-refractivity contribution in [3.63, 3.8) is 0 Å². The minimum atomic E-state index is -0.470. The Morgan fingerprint density at radius 2 is 2.00 bits per heavy atom. The van der Waals surface area contributed by atoms with E-state index in [4.69, 9.17) is 5.26 Å². The number of carbonyl (C=O) groups is 2. The number of hydrogen-bond acceptors (Lipinski definition) is 3. The van der Waals surface area contributed by atoms with Crippen LogP contribution >= 0.6 is 0 Å². The number of nitrogens with one attached hydrogen (secondary N) is 1. The lowest BCUT2D eigenvalue weighted by atomic mass is 9.91. The number of ketones is 1. The van der Waals surface area contributed by atoms with Gasteiger partial charge in [0, 0.05) is 11.0 Å². The second kappa shape index (κ2) is 5.46. The summed E-state index contributed by atoms with van der Waals surface area (Å²) in [4.78, 5) is 23.4. The van der Waals surface area contributed by atoms with Gasteiger partial charge < -0.3 is 5.32 Å². The van der Waals surface area contributed by atoms with Crippen molar-refractivity contribution in [3.8, 4) is 6.07 Å². The first kappa shape index (κ1) is 13.9. The van der Waals surface area contributed by atoms with Crippen molar-refractivity contribution in [3.05, 3.63) is 35.4 Å². The van der Waals surface area contributed by atoms with Crippen molar-refractivity contribution in [2.75, 3.05) is 6.54 Å². The summed E-state index contributed by atoms with van der Waals surface area (Å²) in [5.41, 5.74) is 0.336. The molecule has 4 nitrogen and oxygen atoms in total. The predicted molar refractivity (Wildman–Crippen MR) is 68.0 cm³/mol. The van der Waals surface area contributed by atoms with Crippen LogP contribution in [-0.4, -0.2) is 18.2 Å². The summed E-state index contributed by atoms with van der Waals surface area (Å²) in [5, 5.41) is 11.3. The number of rotatable bonds is 3. The number of nitrogens with zero attached hydrogens (tertiary/aromatic N) is 1. The van der Waals surface area contributed by atoms with Crippen molar-refractivity contribution in [1.29, 1.82) is 5.26 Å². The highest BCUT2D eigenvalue weighted by Crippen LogP contribution is 2.13. The van der Waals surface area contributed by atoms with Crippen LogP contribution in [0, 0.1) is 16.7 Å². The average Bonchev–Trinajstić information content (AvgIpc) is 2.34. The van der Waals surface area contributed by atoms with Gasteiger partial charge in [-0.1, -0.05) is 26.8 Å². The molecule has 0 aliphatic carbocycles. The van der Waals surface area contributed by atoms with Crippen molar-refractivity contribution in [2.45, 2.75) is 20.8 Å². The fraction of sp³-hybridized carbons (Fsp3) is 0.357. The number of amides is 1. The van der Waals surface area contributed by atoms with E-state index < -0.39 is 5.41 Å². The molecule has 0 saturated carbocycles. The molecule has 0 radical (unpaired) electrons. The van der Waals surface area contributed by atoms with Crippen LogP contribution in [-0.2, 0) is 4.79 Å². The Hall–Kier alpha value is -2.15. The first-order valence-corrected chi connectivity index (χ1v) is 5.66. The molecule has 0 spiro atoms. The Kier molecular flexibility index (Phi) is 4.22. The highest BCUT2D eigenvalue weighted by atomic mass is 16.2. The van der Waals surface area contributed by atoms with Gasteiger partial charge in [0.25, 0.3) is 5.91 Å². The summed E-state index contributed by atoms with van der Waals surface area (Å²) in [7, 11) is 0. The number of Topliss-reactive ketones (excluding diaryl/α,β-unsaturated/α-hetero) is 1. The predicted octanol–water partition coefficient (Wildman–Crippen LogP) is 1.90. The molecule has 0 unspecified atom stereocenters. The van der Waals surface area contributed by atoms with Gasteiger partial charge in [0.1, 0.15) is 0 Å². The zero-order valence-corrected chi connectivity index (χ0v) is 10.8. The molecular weight excluding hydrogens is 228 g/mol. The largest absolute Gasteiger partial charge is 0.345 e. The molecule has 94 valence electrons. The molecule has 0 atom stereocenters. The van der Waals surface area contributed by atoms with Gasteiger partial charge in [-0.05, 0) is 18.2 Å². The summed E-state index contributed by atoms with van der Waals surface area (Å²) < 4.78 is 0. The van der Waals surface area contributed by atoms with E-state index in [1.54, 1.807) is 39.0 Å². The normalized spacial score (nSPS) is 10.6. The maximum atomic E-state index is 11.8. The zero-order chi connectivity index (χ0) is 13.8. The SMILES string of the molecule is CC(C)(C)C(=O)CNC(=O)c1cccc(C#N)c1. The molecule has 0 heterocycles. The molecule has 0 aromatic heterocycles. The number of nitriles is 1. The minimum Gasteiger partial charge on any atom is -0.345 e. The van der Waals surface area contributed by atoms with Gasteiger partial charge in [-0.15, -0.1) is 0 Å². The van der Waals surface area contributed by atoms with Crippen LogP contribution in [0.2, 0.25) is 0 Å². The van der Waals surface area contributed by atoms with Gasteiger partial charge >= 0.3 is 0 Å². The van der Waals surface area contributed by atoms with Crippen LogP contribution in [0.5, 0.6) is 0 Å². The summed E-state index contributed by atoms with van der Waals surface area (Å²) in [6.07, 6.45) is 0. The molecule has 0 saturated heterocycles. The summed E-state index contributed by atoms with van der Waals surface area (Å²) in [6, 6.07) is 8.33. The third kappa shape index (κ3) is 3.70. The van der Waals surface area contributed by atoms with E-state index in [9.17, 15) is 9.59 Å². The van der Waals surface area contributed by atoms with Crippen molar-refractivity contribution < 1.29 is 9.59 Å². The van der Waals surface area contributed by atoms with Gasteiger partial charge in [0.2, 0.25) is 0 Å². The average molecular weight is 244 g/mol. The second-order valence-corrected chi connectivity index (χ2v) is 5.05. The van der Waals surface area contributed by atoms with Crippen LogP contribution in [0.25, 0.3) is 0 Å². The number of carbonyl (C=O) groups excluding carboxylic acids is 2. The quantitative estimate of drug-likeness (QED) is 0.882. The first-order valence-electron chi connectivity index (χ1n) is 5.66. The maximum absolute atomic E-state index is 11.8. The van der Waals surface area contributed by atoms with E-state index in [0.29, 0.717) is 11.1 Å².